The maximum atomic E-state index is 5.84. The van der Waals surface area contributed by atoms with Gasteiger partial charge in [-0.25, -0.2) is 9.97 Å². The minimum Gasteiger partial charge on any atom is -0.328 e. The molecule has 0 bridgehead atoms. The Hall–Kier alpha value is -1.81. The first kappa shape index (κ1) is 13.6. The molecule has 0 amide bonds. The Balaban J connectivity index is 2.46. The Bertz CT molecular complexity index is 570. The number of nitrogens with two attached hydrogens (primary N) is 1. The van der Waals surface area contributed by atoms with Gasteiger partial charge in [0, 0.05) is 40.8 Å². The molecule has 0 radical (unpaired) electrons. The predicted molar refractivity (Wildman–Crippen MR) is 76.8 cm³/mol. The van der Waals surface area contributed by atoms with Gasteiger partial charge in [-0.1, -0.05) is 0 Å². The van der Waals surface area contributed by atoms with E-state index < -0.39 is 0 Å². The molecule has 0 aromatic carbocycles. The van der Waals surface area contributed by atoms with Crippen molar-refractivity contribution in [1.82, 2.24) is 15.0 Å². The van der Waals surface area contributed by atoms with Gasteiger partial charge in [-0.15, -0.1) is 0 Å². The smallest absolute Gasteiger partial charge is 0.159 e. The van der Waals surface area contributed by atoms with Crippen LogP contribution in [0.2, 0.25) is 0 Å². The summed E-state index contributed by atoms with van der Waals surface area (Å²) < 4.78 is 0. The minimum absolute atomic E-state index is 0.100. The van der Waals surface area contributed by atoms with Crippen molar-refractivity contribution in [3.05, 3.63) is 41.0 Å². The van der Waals surface area contributed by atoms with Crippen molar-refractivity contribution in [2.75, 3.05) is 0 Å². The summed E-state index contributed by atoms with van der Waals surface area (Å²) in [5.41, 5.74) is 10.8. The van der Waals surface area contributed by atoms with Gasteiger partial charge in [-0.3, -0.25) is 4.98 Å². The predicted octanol–water partition coefficient (Wildman–Crippen LogP) is 2.35. The molecule has 1 unspecified atom stereocenters. The van der Waals surface area contributed by atoms with Crippen molar-refractivity contribution in [1.29, 1.82) is 0 Å². The third-order valence-electron chi connectivity index (χ3n) is 2.78. The van der Waals surface area contributed by atoms with Crippen LogP contribution < -0.4 is 5.73 Å². The fourth-order valence-corrected chi connectivity index (χ4v) is 2.16. The molecule has 0 spiro atoms. The zero-order chi connectivity index (χ0) is 14.0. The van der Waals surface area contributed by atoms with Gasteiger partial charge in [-0.05, 0) is 45.9 Å². The van der Waals surface area contributed by atoms with Crippen LogP contribution in [0, 0.1) is 20.8 Å². The Morgan fingerprint density at radius 3 is 2.11 bits per heavy atom. The molecule has 2 rings (SSSR count). The number of hydrogen-bond acceptors (Lipinski definition) is 4. The van der Waals surface area contributed by atoms with Gasteiger partial charge in [0.1, 0.15) is 0 Å². The van der Waals surface area contributed by atoms with Crippen LogP contribution in [-0.4, -0.2) is 21.0 Å². The molecule has 0 aliphatic carbocycles. The van der Waals surface area contributed by atoms with E-state index in [0.717, 1.165) is 40.6 Å². The zero-order valence-corrected chi connectivity index (χ0v) is 11.9. The maximum Gasteiger partial charge on any atom is 0.159 e. The maximum absolute atomic E-state index is 5.84. The first-order chi connectivity index (χ1) is 8.94. The van der Waals surface area contributed by atoms with Gasteiger partial charge in [-0.2, -0.15) is 0 Å². The molecule has 2 heterocycles. The SMILES string of the molecule is Cc1cc(-c2nc(C)cc(CC(C)N)n2)cc(C)n1. The minimum atomic E-state index is 0.100. The quantitative estimate of drug-likeness (QED) is 0.915. The fourth-order valence-electron chi connectivity index (χ4n) is 2.16. The zero-order valence-electron chi connectivity index (χ0n) is 11.9. The van der Waals surface area contributed by atoms with E-state index in [0.29, 0.717) is 0 Å². The number of aromatic nitrogens is 3. The first-order valence-corrected chi connectivity index (χ1v) is 6.50. The van der Waals surface area contributed by atoms with E-state index in [1.54, 1.807) is 0 Å². The van der Waals surface area contributed by atoms with E-state index in [1.165, 1.54) is 0 Å². The number of hydrogen-bond donors (Lipinski definition) is 1. The summed E-state index contributed by atoms with van der Waals surface area (Å²) in [6.07, 6.45) is 0.763. The molecule has 0 aliphatic heterocycles. The van der Waals surface area contributed by atoms with Crippen molar-refractivity contribution in [2.45, 2.75) is 40.2 Å². The molecule has 19 heavy (non-hydrogen) atoms. The Morgan fingerprint density at radius 2 is 1.53 bits per heavy atom. The molecule has 2 aromatic heterocycles. The van der Waals surface area contributed by atoms with Gasteiger partial charge >= 0.3 is 0 Å². The highest BCUT2D eigenvalue weighted by Gasteiger charge is 2.08. The monoisotopic (exact) mass is 256 g/mol. The molecule has 4 heteroatoms. The highest BCUT2D eigenvalue weighted by Crippen LogP contribution is 2.18. The van der Waals surface area contributed by atoms with Crippen LogP contribution in [0.4, 0.5) is 0 Å². The van der Waals surface area contributed by atoms with Gasteiger partial charge in [0.2, 0.25) is 0 Å². The summed E-state index contributed by atoms with van der Waals surface area (Å²) >= 11 is 0. The highest BCUT2D eigenvalue weighted by molar-refractivity contribution is 5.56. The van der Waals surface area contributed by atoms with E-state index >= 15 is 0 Å². The standard InChI is InChI=1S/C15H20N4/c1-9(16)5-14-8-12(4)18-15(19-14)13-6-10(2)17-11(3)7-13/h6-9H,5,16H2,1-4H3. The van der Waals surface area contributed by atoms with Crippen molar-refractivity contribution in [3.8, 4) is 11.4 Å². The molecule has 0 saturated heterocycles. The summed E-state index contributed by atoms with van der Waals surface area (Å²) in [5, 5.41) is 0. The highest BCUT2D eigenvalue weighted by atomic mass is 14.9. The molecule has 2 aromatic rings. The van der Waals surface area contributed by atoms with Crippen LogP contribution in [0.5, 0.6) is 0 Å². The summed E-state index contributed by atoms with van der Waals surface area (Å²) in [6, 6.07) is 6.12. The number of rotatable bonds is 3. The van der Waals surface area contributed by atoms with Crippen LogP contribution in [0.15, 0.2) is 18.2 Å². The van der Waals surface area contributed by atoms with Crippen LogP contribution >= 0.6 is 0 Å². The summed E-state index contributed by atoms with van der Waals surface area (Å²) in [5.74, 6) is 0.754. The lowest BCUT2D eigenvalue weighted by Crippen LogP contribution is -2.19. The second-order valence-corrected chi connectivity index (χ2v) is 5.14. The number of pyridine rings is 1. The molecular formula is C15H20N4. The van der Waals surface area contributed by atoms with Crippen LogP contribution in [0.1, 0.15) is 29.7 Å². The topological polar surface area (TPSA) is 64.7 Å². The molecule has 0 fully saturated rings. The van der Waals surface area contributed by atoms with Crippen molar-refractivity contribution in [2.24, 2.45) is 5.73 Å². The molecular weight excluding hydrogens is 236 g/mol. The third-order valence-corrected chi connectivity index (χ3v) is 2.78. The average molecular weight is 256 g/mol. The molecule has 0 aliphatic rings. The summed E-state index contributed by atoms with van der Waals surface area (Å²) in [6.45, 7) is 7.93. The van der Waals surface area contributed by atoms with Crippen LogP contribution in [0.25, 0.3) is 11.4 Å². The van der Waals surface area contributed by atoms with E-state index in [9.17, 15) is 0 Å². The number of aryl methyl sites for hydroxylation is 3. The molecule has 100 valence electrons. The molecule has 4 nitrogen and oxygen atoms in total. The van der Waals surface area contributed by atoms with Crippen molar-refractivity contribution in [3.63, 3.8) is 0 Å². The summed E-state index contributed by atoms with van der Waals surface area (Å²) in [4.78, 5) is 13.5. The van der Waals surface area contributed by atoms with Crippen LogP contribution in [-0.2, 0) is 6.42 Å². The van der Waals surface area contributed by atoms with E-state index in [1.807, 2.05) is 45.9 Å². The molecule has 2 N–H and O–H groups in total. The Labute approximate surface area is 114 Å². The van der Waals surface area contributed by atoms with Gasteiger partial charge in [0.15, 0.2) is 5.82 Å². The normalized spacial score (nSPS) is 12.5. The van der Waals surface area contributed by atoms with E-state index in [4.69, 9.17) is 5.73 Å². The van der Waals surface area contributed by atoms with E-state index in [-0.39, 0.29) is 6.04 Å². The lowest BCUT2D eigenvalue weighted by molar-refractivity contribution is 0.719. The van der Waals surface area contributed by atoms with Crippen molar-refractivity contribution >= 4 is 0 Å². The van der Waals surface area contributed by atoms with Crippen molar-refractivity contribution < 1.29 is 0 Å². The second kappa shape index (κ2) is 5.45. The van der Waals surface area contributed by atoms with Crippen LogP contribution in [0.3, 0.4) is 0 Å². The lowest BCUT2D eigenvalue weighted by Gasteiger charge is -2.09. The van der Waals surface area contributed by atoms with Gasteiger partial charge in [0.05, 0.1) is 0 Å². The van der Waals surface area contributed by atoms with E-state index in [2.05, 4.69) is 15.0 Å². The second-order valence-electron chi connectivity index (χ2n) is 5.14. The van der Waals surface area contributed by atoms with Gasteiger partial charge in [0.25, 0.3) is 0 Å². The Morgan fingerprint density at radius 1 is 0.947 bits per heavy atom. The lowest BCUT2D eigenvalue weighted by atomic mass is 10.1. The molecule has 0 saturated carbocycles. The average Bonchev–Trinajstić information content (AvgIpc) is 2.25. The number of nitrogens with zero attached hydrogens (tertiary/aromatic N) is 3. The summed E-state index contributed by atoms with van der Waals surface area (Å²) in [7, 11) is 0. The third kappa shape index (κ3) is 3.58. The first-order valence-electron chi connectivity index (χ1n) is 6.50. The largest absolute Gasteiger partial charge is 0.328 e. The molecule has 1 atom stereocenters. The fraction of sp³-hybridized carbons (Fsp3) is 0.400. The van der Waals surface area contributed by atoms with Gasteiger partial charge < -0.3 is 5.73 Å². The Kier molecular flexibility index (Phi) is 3.90.